The maximum absolute atomic E-state index is 16.3. The van der Waals surface area contributed by atoms with Gasteiger partial charge in [0.2, 0.25) is 5.69 Å². The van der Waals surface area contributed by atoms with Crippen LogP contribution in [0, 0.1) is 48.7 Å². The average Bonchev–Trinajstić information content (AvgIpc) is 3.31. The highest BCUT2D eigenvalue weighted by atomic mass is 19.1. The maximum atomic E-state index is 16.3. The van der Waals surface area contributed by atoms with E-state index in [-0.39, 0.29) is 39.7 Å². The van der Waals surface area contributed by atoms with E-state index < -0.39 is 17.5 Å². The number of nitrogens with zero attached hydrogens (tertiary/aromatic N) is 2. The molecule has 2 bridgehead atoms. The Balaban J connectivity index is 1.58. The number of nitrogens with one attached hydrogen (secondary N) is 2. The van der Waals surface area contributed by atoms with E-state index in [2.05, 4.69) is 27.1 Å². The number of pyridine rings is 1. The molecule has 2 aromatic carbocycles. The van der Waals surface area contributed by atoms with E-state index in [1.54, 1.807) is 12.1 Å². The van der Waals surface area contributed by atoms with Crippen LogP contribution in [0.3, 0.4) is 0 Å². The first-order chi connectivity index (χ1) is 17.9. The van der Waals surface area contributed by atoms with Crippen LogP contribution in [0.15, 0.2) is 42.6 Å². The molecule has 2 heterocycles. The number of halogens is 3. The van der Waals surface area contributed by atoms with Crippen molar-refractivity contribution in [3.8, 4) is 22.4 Å². The smallest absolute Gasteiger partial charge is 0.223 e. The van der Waals surface area contributed by atoms with Crippen molar-refractivity contribution in [1.29, 1.82) is 0 Å². The summed E-state index contributed by atoms with van der Waals surface area (Å²) >= 11 is 0. The molecule has 3 saturated carbocycles. The van der Waals surface area contributed by atoms with Crippen LogP contribution in [0.5, 0.6) is 0 Å². The Morgan fingerprint density at radius 2 is 1.73 bits per heavy atom. The Labute approximate surface area is 213 Å². The SMILES string of the molecule is [C-]#[N+]c1c(-c2c[nH]c3c(F)cc(F)cc23)nc(N[C@H]2C3CCC(CC3)[C@@H]2C)c(F)c1-c1ccc(C)cc1. The number of benzene rings is 2. The van der Waals surface area contributed by atoms with Crippen LogP contribution in [-0.4, -0.2) is 16.0 Å². The predicted octanol–water partition coefficient (Wildman–Crippen LogP) is 8.41. The van der Waals surface area contributed by atoms with Crippen LogP contribution in [0.4, 0.5) is 24.7 Å². The molecule has 37 heavy (non-hydrogen) atoms. The van der Waals surface area contributed by atoms with Crippen LogP contribution < -0.4 is 5.32 Å². The van der Waals surface area contributed by atoms with Gasteiger partial charge < -0.3 is 10.3 Å². The summed E-state index contributed by atoms with van der Waals surface area (Å²) in [5, 5.41) is 3.69. The van der Waals surface area contributed by atoms with Crippen LogP contribution in [0.1, 0.15) is 38.2 Å². The second kappa shape index (κ2) is 8.95. The zero-order valence-corrected chi connectivity index (χ0v) is 20.7. The van der Waals surface area contributed by atoms with E-state index in [0.29, 0.717) is 28.9 Å². The molecule has 3 aliphatic carbocycles. The monoisotopic (exact) mass is 500 g/mol. The molecule has 2 atom stereocenters. The summed E-state index contributed by atoms with van der Waals surface area (Å²) in [6, 6.07) is 9.41. The number of rotatable bonds is 4. The molecule has 3 aliphatic rings. The summed E-state index contributed by atoms with van der Waals surface area (Å²) in [7, 11) is 0. The Bertz CT molecular complexity index is 1540. The predicted molar refractivity (Wildman–Crippen MR) is 140 cm³/mol. The van der Waals surface area contributed by atoms with E-state index in [1.165, 1.54) is 25.1 Å². The van der Waals surface area contributed by atoms with Gasteiger partial charge >= 0.3 is 0 Å². The van der Waals surface area contributed by atoms with Gasteiger partial charge in [-0.2, -0.15) is 0 Å². The van der Waals surface area contributed by atoms with Crippen molar-refractivity contribution in [2.24, 2.45) is 17.8 Å². The molecule has 0 aliphatic heterocycles. The lowest BCUT2D eigenvalue weighted by atomic mass is 9.62. The lowest BCUT2D eigenvalue weighted by Gasteiger charge is -2.47. The lowest BCUT2D eigenvalue weighted by molar-refractivity contribution is 0.0926. The van der Waals surface area contributed by atoms with Crippen molar-refractivity contribution in [2.75, 3.05) is 5.32 Å². The van der Waals surface area contributed by atoms with Crippen molar-refractivity contribution in [3.63, 3.8) is 0 Å². The molecular weight excluding hydrogens is 473 g/mol. The maximum Gasteiger partial charge on any atom is 0.223 e. The van der Waals surface area contributed by atoms with Gasteiger partial charge in [-0.05, 0) is 62.0 Å². The summed E-state index contributed by atoms with van der Waals surface area (Å²) in [5.74, 6) is -0.568. The van der Waals surface area contributed by atoms with Crippen LogP contribution in [0.25, 0.3) is 38.1 Å². The molecule has 0 amide bonds. The topological polar surface area (TPSA) is 45.1 Å². The second-order valence-corrected chi connectivity index (χ2v) is 10.5. The zero-order chi connectivity index (χ0) is 25.8. The number of hydrogen-bond acceptors (Lipinski definition) is 2. The normalized spacial score (nSPS) is 22.8. The quantitative estimate of drug-likeness (QED) is 0.276. The zero-order valence-electron chi connectivity index (χ0n) is 20.7. The van der Waals surface area contributed by atoms with Gasteiger partial charge in [-0.15, -0.1) is 0 Å². The van der Waals surface area contributed by atoms with Gasteiger partial charge in [0.05, 0.1) is 17.8 Å². The minimum Gasteiger partial charge on any atom is -0.364 e. The first kappa shape index (κ1) is 23.6. The third-order valence-corrected chi connectivity index (χ3v) is 8.46. The molecule has 0 unspecified atom stereocenters. The highest BCUT2D eigenvalue weighted by molar-refractivity contribution is 6.01. The number of fused-ring (bicyclic) bond motifs is 4. The molecule has 2 aromatic heterocycles. The number of aromatic nitrogens is 2. The van der Waals surface area contributed by atoms with Gasteiger partial charge in [0.15, 0.2) is 11.6 Å². The molecule has 4 nitrogen and oxygen atoms in total. The van der Waals surface area contributed by atoms with E-state index in [0.717, 1.165) is 24.5 Å². The summed E-state index contributed by atoms with van der Waals surface area (Å²) in [4.78, 5) is 11.2. The van der Waals surface area contributed by atoms with Gasteiger partial charge in [-0.3, -0.25) is 0 Å². The first-order valence-electron chi connectivity index (χ1n) is 12.8. The molecule has 0 saturated heterocycles. The standard InChI is InChI=1S/C30H27F3N4/c1-15-4-6-18(7-5-15)24-25(33)30(36-26-16(2)17-8-10-19(26)11-9-17)37-28(29(24)34-3)22-14-35-27-21(22)12-20(31)13-23(27)32/h4-7,12-14,16-17,19,26,35H,8-11H2,1-2H3,(H,36,37)/t16-,17?,19?,26+/m0/s1. The number of aryl methyl sites for hydroxylation is 1. The van der Waals surface area contributed by atoms with Gasteiger partial charge in [0, 0.05) is 34.8 Å². The molecule has 0 spiro atoms. The van der Waals surface area contributed by atoms with Crippen molar-refractivity contribution in [1.82, 2.24) is 9.97 Å². The molecule has 188 valence electrons. The summed E-state index contributed by atoms with van der Waals surface area (Å²) < 4.78 is 45.0. The fourth-order valence-electron chi connectivity index (χ4n) is 6.44. The number of hydrogen-bond donors (Lipinski definition) is 2. The third kappa shape index (κ3) is 3.87. The average molecular weight is 501 g/mol. The minimum atomic E-state index is -0.739. The van der Waals surface area contributed by atoms with E-state index >= 15 is 4.39 Å². The summed E-state index contributed by atoms with van der Waals surface area (Å²) in [6.45, 7) is 12.1. The van der Waals surface area contributed by atoms with Gasteiger partial charge in [-0.1, -0.05) is 36.8 Å². The molecule has 7 heteroatoms. The fourth-order valence-corrected chi connectivity index (χ4v) is 6.44. The molecular formula is C30H27F3N4. The van der Waals surface area contributed by atoms with Crippen molar-refractivity contribution in [3.05, 3.63) is 77.0 Å². The number of aromatic amines is 1. The second-order valence-electron chi connectivity index (χ2n) is 10.5. The van der Waals surface area contributed by atoms with E-state index in [4.69, 9.17) is 6.57 Å². The molecule has 7 rings (SSSR count). The van der Waals surface area contributed by atoms with Crippen LogP contribution in [0.2, 0.25) is 0 Å². The highest BCUT2D eigenvalue weighted by Gasteiger charge is 2.42. The van der Waals surface area contributed by atoms with Gasteiger partial charge in [0.25, 0.3) is 0 Å². The first-order valence-corrected chi connectivity index (χ1v) is 12.8. The van der Waals surface area contributed by atoms with Gasteiger partial charge in [0.1, 0.15) is 11.6 Å². The Morgan fingerprint density at radius 1 is 1.03 bits per heavy atom. The minimum absolute atomic E-state index is 0.00989. The summed E-state index contributed by atoms with van der Waals surface area (Å²) in [5.41, 5.74) is 2.38. The van der Waals surface area contributed by atoms with E-state index in [1.807, 2.05) is 19.1 Å². The van der Waals surface area contributed by atoms with Gasteiger partial charge in [-0.25, -0.2) is 23.0 Å². The summed E-state index contributed by atoms with van der Waals surface area (Å²) in [6.07, 6.45) is 6.11. The lowest BCUT2D eigenvalue weighted by Crippen LogP contribution is -2.47. The number of anilines is 1. The Kier molecular flexibility index (Phi) is 5.71. The van der Waals surface area contributed by atoms with Crippen molar-refractivity contribution in [2.45, 2.75) is 45.6 Å². The van der Waals surface area contributed by atoms with Crippen molar-refractivity contribution >= 4 is 22.4 Å². The number of H-pyrrole nitrogens is 1. The molecule has 0 radical (unpaired) electrons. The molecule has 2 N–H and O–H groups in total. The fraction of sp³-hybridized carbons (Fsp3) is 0.333. The third-order valence-electron chi connectivity index (χ3n) is 8.46. The van der Waals surface area contributed by atoms with Crippen molar-refractivity contribution < 1.29 is 13.2 Å². The largest absolute Gasteiger partial charge is 0.364 e. The highest BCUT2D eigenvalue weighted by Crippen LogP contribution is 2.48. The van der Waals surface area contributed by atoms with Crippen LogP contribution >= 0.6 is 0 Å². The van der Waals surface area contributed by atoms with E-state index in [9.17, 15) is 8.78 Å². The molecule has 3 fully saturated rings. The molecule has 4 aromatic rings. The Morgan fingerprint density at radius 3 is 2.41 bits per heavy atom. The Hall–Kier alpha value is -3.79. The van der Waals surface area contributed by atoms with Crippen LogP contribution in [-0.2, 0) is 0 Å².